The van der Waals surface area contributed by atoms with E-state index in [1.54, 1.807) is 24.4 Å². The molecule has 5 nitrogen and oxygen atoms in total. The number of rotatable bonds is 5. The van der Waals surface area contributed by atoms with E-state index in [1.807, 2.05) is 12.1 Å². The molecule has 0 atom stereocenters. The number of pyridine rings is 2. The molecule has 0 spiro atoms. The summed E-state index contributed by atoms with van der Waals surface area (Å²) in [7, 11) is 0. The number of anilines is 1. The standard InChI is InChI=1S/C19H16FN3O2/c20-17-3-1-2-13(8-17)6-14-4-5-18(22-10-14)23-19(25)16-7-15(12-24)9-21-11-16/h1-5,7-11,24H,6,12H2,(H,22,23,25). The molecular weight excluding hydrogens is 321 g/mol. The summed E-state index contributed by atoms with van der Waals surface area (Å²) in [6.07, 6.45) is 5.12. The summed E-state index contributed by atoms with van der Waals surface area (Å²) in [5, 5.41) is 11.8. The Balaban J connectivity index is 1.66. The van der Waals surface area contributed by atoms with E-state index in [9.17, 15) is 9.18 Å². The van der Waals surface area contributed by atoms with E-state index >= 15 is 0 Å². The third-order valence-electron chi connectivity index (χ3n) is 3.60. The number of nitrogens with zero attached hydrogens (tertiary/aromatic N) is 2. The fourth-order valence-corrected chi connectivity index (χ4v) is 2.37. The van der Waals surface area contributed by atoms with Crippen LogP contribution in [0, 0.1) is 5.82 Å². The Labute approximate surface area is 144 Å². The third kappa shape index (κ3) is 4.45. The SMILES string of the molecule is O=C(Nc1ccc(Cc2cccc(F)c2)cn1)c1cncc(CO)c1. The number of aromatic nitrogens is 2. The summed E-state index contributed by atoms with van der Waals surface area (Å²) >= 11 is 0. The Hall–Kier alpha value is -3.12. The molecule has 2 heterocycles. The number of aliphatic hydroxyl groups excluding tert-OH is 1. The lowest BCUT2D eigenvalue weighted by molar-refractivity contribution is 0.102. The minimum absolute atomic E-state index is 0.179. The molecule has 2 N–H and O–H groups in total. The van der Waals surface area contributed by atoms with Gasteiger partial charge in [-0.25, -0.2) is 9.37 Å². The van der Waals surface area contributed by atoms with Gasteiger partial charge in [-0.1, -0.05) is 18.2 Å². The zero-order chi connectivity index (χ0) is 17.6. The average molecular weight is 337 g/mol. The highest BCUT2D eigenvalue weighted by Crippen LogP contribution is 2.13. The Bertz CT molecular complexity index is 882. The van der Waals surface area contributed by atoms with Crippen molar-refractivity contribution in [3.05, 3.63) is 89.1 Å². The molecule has 25 heavy (non-hydrogen) atoms. The molecule has 0 aliphatic carbocycles. The van der Waals surface area contributed by atoms with E-state index in [1.165, 1.54) is 24.5 Å². The molecule has 3 aromatic rings. The van der Waals surface area contributed by atoms with Gasteiger partial charge in [0.1, 0.15) is 11.6 Å². The fourth-order valence-electron chi connectivity index (χ4n) is 2.37. The zero-order valence-corrected chi connectivity index (χ0v) is 13.3. The van der Waals surface area contributed by atoms with Gasteiger partial charge >= 0.3 is 0 Å². The smallest absolute Gasteiger partial charge is 0.258 e. The summed E-state index contributed by atoms with van der Waals surface area (Å²) in [6.45, 7) is -0.179. The zero-order valence-electron chi connectivity index (χ0n) is 13.3. The van der Waals surface area contributed by atoms with Gasteiger partial charge in [0.25, 0.3) is 5.91 Å². The average Bonchev–Trinajstić information content (AvgIpc) is 2.63. The van der Waals surface area contributed by atoms with Crippen LogP contribution in [0.25, 0.3) is 0 Å². The Morgan fingerprint density at radius 2 is 1.92 bits per heavy atom. The second kappa shape index (κ2) is 7.63. The first-order valence-corrected chi connectivity index (χ1v) is 7.69. The summed E-state index contributed by atoms with van der Waals surface area (Å²) in [4.78, 5) is 20.3. The van der Waals surface area contributed by atoms with E-state index in [4.69, 9.17) is 5.11 Å². The number of hydrogen-bond donors (Lipinski definition) is 2. The van der Waals surface area contributed by atoms with Crippen LogP contribution < -0.4 is 5.32 Å². The normalized spacial score (nSPS) is 10.5. The lowest BCUT2D eigenvalue weighted by Gasteiger charge is -2.07. The van der Waals surface area contributed by atoms with Gasteiger partial charge in [-0.3, -0.25) is 9.78 Å². The summed E-state index contributed by atoms with van der Waals surface area (Å²) in [5.74, 6) is -0.219. The van der Waals surface area contributed by atoms with E-state index in [0.29, 0.717) is 23.4 Å². The molecule has 126 valence electrons. The number of amides is 1. The minimum Gasteiger partial charge on any atom is -0.392 e. The van der Waals surface area contributed by atoms with Gasteiger partial charge in [-0.15, -0.1) is 0 Å². The number of nitrogens with one attached hydrogen (secondary N) is 1. The Morgan fingerprint density at radius 3 is 2.64 bits per heavy atom. The van der Waals surface area contributed by atoms with Gasteiger partial charge in [0.2, 0.25) is 0 Å². The van der Waals surface area contributed by atoms with Crippen molar-refractivity contribution in [1.82, 2.24) is 9.97 Å². The van der Waals surface area contributed by atoms with Crippen molar-refractivity contribution in [1.29, 1.82) is 0 Å². The molecule has 0 radical (unpaired) electrons. The lowest BCUT2D eigenvalue weighted by Crippen LogP contribution is -2.13. The van der Waals surface area contributed by atoms with E-state index in [-0.39, 0.29) is 18.3 Å². The van der Waals surface area contributed by atoms with E-state index < -0.39 is 0 Å². The van der Waals surface area contributed by atoms with Gasteiger partial charge in [0, 0.05) is 18.6 Å². The van der Waals surface area contributed by atoms with E-state index in [2.05, 4.69) is 15.3 Å². The van der Waals surface area contributed by atoms with Crippen LogP contribution >= 0.6 is 0 Å². The van der Waals surface area contributed by atoms with Crippen LogP contribution in [0.2, 0.25) is 0 Å². The lowest BCUT2D eigenvalue weighted by atomic mass is 10.1. The second-order valence-corrected chi connectivity index (χ2v) is 5.55. The van der Waals surface area contributed by atoms with Gasteiger partial charge in [-0.05, 0) is 47.4 Å². The third-order valence-corrected chi connectivity index (χ3v) is 3.60. The number of benzene rings is 1. The maximum absolute atomic E-state index is 13.2. The topological polar surface area (TPSA) is 75.1 Å². The van der Waals surface area contributed by atoms with Crippen LogP contribution in [0.3, 0.4) is 0 Å². The van der Waals surface area contributed by atoms with Gasteiger partial charge in [-0.2, -0.15) is 0 Å². The predicted octanol–water partition coefficient (Wildman–Crippen LogP) is 2.95. The summed E-state index contributed by atoms with van der Waals surface area (Å²) in [6, 6.07) is 11.5. The molecule has 1 aromatic carbocycles. The van der Waals surface area contributed by atoms with Crippen LogP contribution in [0.5, 0.6) is 0 Å². The van der Waals surface area contributed by atoms with Gasteiger partial charge in [0.05, 0.1) is 12.2 Å². The number of carbonyl (C=O) groups is 1. The van der Waals surface area contributed by atoms with Crippen molar-refractivity contribution in [2.24, 2.45) is 0 Å². The van der Waals surface area contributed by atoms with Crippen LogP contribution in [-0.2, 0) is 13.0 Å². The van der Waals surface area contributed by atoms with Gasteiger partial charge in [0.15, 0.2) is 0 Å². The number of carbonyl (C=O) groups excluding carboxylic acids is 1. The van der Waals surface area contributed by atoms with Crippen molar-refractivity contribution in [2.45, 2.75) is 13.0 Å². The molecule has 3 rings (SSSR count). The molecule has 2 aromatic heterocycles. The highest BCUT2D eigenvalue weighted by Gasteiger charge is 2.08. The molecule has 0 saturated heterocycles. The van der Waals surface area contributed by atoms with Crippen molar-refractivity contribution in [2.75, 3.05) is 5.32 Å². The molecular formula is C19H16FN3O2. The Morgan fingerprint density at radius 1 is 1.04 bits per heavy atom. The monoisotopic (exact) mass is 337 g/mol. The van der Waals surface area contributed by atoms with Crippen molar-refractivity contribution >= 4 is 11.7 Å². The molecule has 0 aliphatic heterocycles. The summed E-state index contributed by atoms with van der Waals surface area (Å²) in [5.41, 5.74) is 2.67. The van der Waals surface area contributed by atoms with Gasteiger partial charge < -0.3 is 10.4 Å². The second-order valence-electron chi connectivity index (χ2n) is 5.55. The van der Waals surface area contributed by atoms with E-state index in [0.717, 1.165) is 11.1 Å². The van der Waals surface area contributed by atoms with Crippen LogP contribution in [0.15, 0.2) is 61.1 Å². The minimum atomic E-state index is -0.354. The molecule has 0 aliphatic rings. The van der Waals surface area contributed by atoms with Crippen LogP contribution in [0.1, 0.15) is 27.0 Å². The maximum Gasteiger partial charge on any atom is 0.258 e. The van der Waals surface area contributed by atoms with Crippen LogP contribution in [-0.4, -0.2) is 21.0 Å². The highest BCUT2D eigenvalue weighted by molar-refractivity contribution is 6.03. The number of aliphatic hydroxyl groups is 1. The van der Waals surface area contributed by atoms with Crippen molar-refractivity contribution < 1.29 is 14.3 Å². The molecule has 0 saturated carbocycles. The first-order chi connectivity index (χ1) is 12.1. The Kier molecular flexibility index (Phi) is 5.11. The molecule has 0 fully saturated rings. The summed E-state index contributed by atoms with van der Waals surface area (Å²) < 4.78 is 13.2. The van der Waals surface area contributed by atoms with Crippen molar-refractivity contribution in [3.8, 4) is 0 Å². The number of halogens is 1. The molecule has 0 bridgehead atoms. The quantitative estimate of drug-likeness (QED) is 0.751. The largest absolute Gasteiger partial charge is 0.392 e. The fraction of sp³-hybridized carbons (Fsp3) is 0.105. The highest BCUT2D eigenvalue weighted by atomic mass is 19.1. The van der Waals surface area contributed by atoms with Crippen molar-refractivity contribution in [3.63, 3.8) is 0 Å². The molecule has 1 amide bonds. The first kappa shape index (κ1) is 16.7. The molecule has 6 heteroatoms. The maximum atomic E-state index is 13.2. The van der Waals surface area contributed by atoms with Crippen LogP contribution in [0.4, 0.5) is 10.2 Å². The first-order valence-electron chi connectivity index (χ1n) is 7.69. The molecule has 0 unspecified atom stereocenters. The predicted molar refractivity (Wildman–Crippen MR) is 91.6 cm³/mol. The number of hydrogen-bond acceptors (Lipinski definition) is 4.